The number of nitrogens with zero attached hydrogens (tertiary/aromatic N) is 3. The average Bonchev–Trinajstić information content (AvgIpc) is 2.57. The summed E-state index contributed by atoms with van der Waals surface area (Å²) in [6.45, 7) is 7.03. The van der Waals surface area contributed by atoms with E-state index in [9.17, 15) is 4.79 Å². The fraction of sp³-hybridized carbons (Fsp3) is 0.700. The lowest BCUT2D eigenvalue weighted by Crippen LogP contribution is -2.14. The first-order valence-electron chi connectivity index (χ1n) is 5.26. The molecule has 1 heterocycles. The zero-order chi connectivity index (χ0) is 11.4. The van der Waals surface area contributed by atoms with Crippen molar-refractivity contribution >= 4 is 5.91 Å². The lowest BCUT2D eigenvalue weighted by Gasteiger charge is -2.08. The Kier molecular flexibility index (Phi) is 3.82. The van der Waals surface area contributed by atoms with E-state index >= 15 is 0 Å². The number of primary amides is 1. The fourth-order valence-corrected chi connectivity index (χ4v) is 1.54. The Hall–Kier alpha value is -1.39. The summed E-state index contributed by atoms with van der Waals surface area (Å²) in [4.78, 5) is 10.7. The number of aryl methyl sites for hydroxylation is 1. The van der Waals surface area contributed by atoms with Crippen molar-refractivity contribution in [1.82, 2.24) is 14.8 Å². The highest BCUT2D eigenvalue weighted by molar-refractivity contribution is 5.73. The van der Waals surface area contributed by atoms with Crippen molar-refractivity contribution in [3.8, 4) is 0 Å². The maximum atomic E-state index is 10.7. The molecule has 1 aromatic rings. The second kappa shape index (κ2) is 4.91. The summed E-state index contributed by atoms with van der Waals surface area (Å²) >= 11 is 0. The molecule has 0 aromatic carbocycles. The van der Waals surface area contributed by atoms with Gasteiger partial charge in [0, 0.05) is 25.3 Å². The molecule has 5 heteroatoms. The summed E-state index contributed by atoms with van der Waals surface area (Å²) < 4.78 is 2.05. The van der Waals surface area contributed by atoms with E-state index in [-0.39, 0.29) is 5.91 Å². The molecule has 0 atom stereocenters. The zero-order valence-electron chi connectivity index (χ0n) is 9.53. The lowest BCUT2D eigenvalue weighted by molar-refractivity contribution is -0.118. The van der Waals surface area contributed by atoms with Gasteiger partial charge in [0.15, 0.2) is 0 Å². The lowest BCUT2D eigenvalue weighted by atomic mass is 10.2. The number of carbonyl (C=O) groups is 1. The monoisotopic (exact) mass is 210 g/mol. The topological polar surface area (TPSA) is 73.8 Å². The molecular weight excluding hydrogens is 192 g/mol. The van der Waals surface area contributed by atoms with Crippen molar-refractivity contribution < 1.29 is 4.79 Å². The molecule has 0 unspecified atom stereocenters. The van der Waals surface area contributed by atoms with Gasteiger partial charge >= 0.3 is 0 Å². The smallest absolute Gasteiger partial charge is 0.217 e. The minimum atomic E-state index is -0.299. The van der Waals surface area contributed by atoms with E-state index in [1.165, 1.54) is 0 Å². The summed E-state index contributed by atoms with van der Waals surface area (Å²) in [5, 5.41) is 8.21. The average molecular weight is 210 g/mol. The maximum Gasteiger partial charge on any atom is 0.217 e. The SMILES string of the molecule is CCn1c(CCC(N)=O)nnc1C(C)C. The maximum absolute atomic E-state index is 10.7. The van der Waals surface area contributed by atoms with Gasteiger partial charge in [0.2, 0.25) is 5.91 Å². The van der Waals surface area contributed by atoms with E-state index in [2.05, 4.69) is 24.0 Å². The highest BCUT2D eigenvalue weighted by Gasteiger charge is 2.13. The van der Waals surface area contributed by atoms with Gasteiger partial charge in [-0.3, -0.25) is 4.79 Å². The number of amides is 1. The van der Waals surface area contributed by atoms with Gasteiger partial charge in [-0.1, -0.05) is 13.8 Å². The molecule has 0 fully saturated rings. The minimum absolute atomic E-state index is 0.299. The predicted octanol–water partition coefficient (Wildman–Crippen LogP) is 0.839. The standard InChI is InChI=1S/C10H18N4O/c1-4-14-9(6-5-8(11)15)12-13-10(14)7(2)3/h7H,4-6H2,1-3H3,(H2,11,15). The van der Waals surface area contributed by atoms with Crippen LogP contribution in [0.15, 0.2) is 0 Å². The molecular formula is C10H18N4O. The number of rotatable bonds is 5. The summed E-state index contributed by atoms with van der Waals surface area (Å²) in [7, 11) is 0. The predicted molar refractivity (Wildman–Crippen MR) is 57.3 cm³/mol. The molecule has 1 aromatic heterocycles. The van der Waals surface area contributed by atoms with Crippen LogP contribution in [0.3, 0.4) is 0 Å². The molecule has 15 heavy (non-hydrogen) atoms. The van der Waals surface area contributed by atoms with Crippen LogP contribution in [0.5, 0.6) is 0 Å². The summed E-state index contributed by atoms with van der Waals surface area (Å²) in [5.74, 6) is 1.86. The summed E-state index contributed by atoms with van der Waals surface area (Å²) in [6.07, 6.45) is 0.902. The van der Waals surface area contributed by atoms with E-state index in [1.807, 2.05) is 11.5 Å². The normalized spacial score (nSPS) is 10.9. The first-order chi connectivity index (χ1) is 7.06. The fourth-order valence-electron chi connectivity index (χ4n) is 1.54. The molecule has 0 saturated carbocycles. The summed E-state index contributed by atoms with van der Waals surface area (Å²) in [6, 6.07) is 0. The summed E-state index contributed by atoms with van der Waals surface area (Å²) in [5.41, 5.74) is 5.10. The van der Waals surface area contributed by atoms with Gasteiger partial charge in [0.05, 0.1) is 0 Å². The number of hydrogen-bond donors (Lipinski definition) is 1. The van der Waals surface area contributed by atoms with Crippen LogP contribution in [-0.4, -0.2) is 20.7 Å². The van der Waals surface area contributed by atoms with Crippen LogP contribution in [0, 0.1) is 0 Å². The van der Waals surface area contributed by atoms with Gasteiger partial charge in [0.1, 0.15) is 11.6 Å². The molecule has 0 aliphatic heterocycles. The molecule has 1 amide bonds. The number of aromatic nitrogens is 3. The van der Waals surface area contributed by atoms with E-state index in [0.29, 0.717) is 18.8 Å². The van der Waals surface area contributed by atoms with Crippen LogP contribution in [0.1, 0.15) is 44.8 Å². The van der Waals surface area contributed by atoms with Crippen LogP contribution < -0.4 is 5.73 Å². The van der Waals surface area contributed by atoms with Crippen LogP contribution in [0.25, 0.3) is 0 Å². The first kappa shape index (κ1) is 11.7. The van der Waals surface area contributed by atoms with Crippen molar-refractivity contribution in [2.24, 2.45) is 5.73 Å². The molecule has 0 bridgehead atoms. The largest absolute Gasteiger partial charge is 0.370 e. The second-order valence-electron chi connectivity index (χ2n) is 3.84. The van der Waals surface area contributed by atoms with E-state index in [1.54, 1.807) is 0 Å². The minimum Gasteiger partial charge on any atom is -0.370 e. The van der Waals surface area contributed by atoms with Crippen LogP contribution in [-0.2, 0) is 17.8 Å². The zero-order valence-corrected chi connectivity index (χ0v) is 9.53. The van der Waals surface area contributed by atoms with Gasteiger partial charge in [-0.05, 0) is 6.92 Å². The third kappa shape index (κ3) is 2.78. The highest BCUT2D eigenvalue weighted by atomic mass is 16.1. The molecule has 0 aliphatic rings. The third-order valence-corrected chi connectivity index (χ3v) is 2.28. The molecule has 5 nitrogen and oxygen atoms in total. The Balaban J connectivity index is 2.84. The Morgan fingerprint density at radius 3 is 2.60 bits per heavy atom. The quantitative estimate of drug-likeness (QED) is 0.782. The van der Waals surface area contributed by atoms with Crippen LogP contribution in [0.2, 0.25) is 0 Å². The van der Waals surface area contributed by atoms with Crippen molar-refractivity contribution in [3.05, 3.63) is 11.6 Å². The van der Waals surface area contributed by atoms with Gasteiger partial charge in [0.25, 0.3) is 0 Å². The number of carbonyl (C=O) groups excluding carboxylic acids is 1. The van der Waals surface area contributed by atoms with Crippen molar-refractivity contribution in [2.75, 3.05) is 0 Å². The van der Waals surface area contributed by atoms with Crippen molar-refractivity contribution in [3.63, 3.8) is 0 Å². The van der Waals surface area contributed by atoms with Crippen molar-refractivity contribution in [1.29, 1.82) is 0 Å². The Morgan fingerprint density at radius 1 is 1.47 bits per heavy atom. The molecule has 0 saturated heterocycles. The van der Waals surface area contributed by atoms with Crippen LogP contribution in [0.4, 0.5) is 0 Å². The van der Waals surface area contributed by atoms with E-state index < -0.39 is 0 Å². The first-order valence-corrected chi connectivity index (χ1v) is 5.26. The molecule has 1 rings (SSSR count). The Bertz CT molecular complexity index is 343. The van der Waals surface area contributed by atoms with Gasteiger partial charge in [-0.2, -0.15) is 0 Å². The molecule has 2 N–H and O–H groups in total. The van der Waals surface area contributed by atoms with E-state index in [4.69, 9.17) is 5.73 Å². The van der Waals surface area contributed by atoms with Gasteiger partial charge < -0.3 is 10.3 Å². The molecule has 84 valence electrons. The van der Waals surface area contributed by atoms with Gasteiger partial charge in [-0.15, -0.1) is 10.2 Å². The Labute approximate surface area is 89.7 Å². The van der Waals surface area contributed by atoms with Gasteiger partial charge in [-0.25, -0.2) is 0 Å². The number of nitrogens with two attached hydrogens (primary N) is 1. The van der Waals surface area contributed by atoms with Crippen LogP contribution >= 0.6 is 0 Å². The van der Waals surface area contributed by atoms with E-state index in [0.717, 1.165) is 18.2 Å². The third-order valence-electron chi connectivity index (χ3n) is 2.28. The van der Waals surface area contributed by atoms with Crippen molar-refractivity contribution in [2.45, 2.75) is 46.1 Å². The number of hydrogen-bond acceptors (Lipinski definition) is 3. The molecule has 0 radical (unpaired) electrons. The second-order valence-corrected chi connectivity index (χ2v) is 3.84. The highest BCUT2D eigenvalue weighted by Crippen LogP contribution is 2.14. The Morgan fingerprint density at radius 2 is 2.13 bits per heavy atom. The molecule has 0 aliphatic carbocycles. The molecule has 0 spiro atoms.